The molecule has 0 unspecified atom stereocenters. The average molecular weight is 882 g/mol. The molecule has 9 rings (SSSR count). The number of rotatable bonds is 8. The van der Waals surface area contributed by atoms with Crippen LogP contribution >= 0.6 is 0 Å². The Balaban J connectivity index is 0.968. The minimum Gasteiger partial charge on any atom is -0.394 e. The van der Waals surface area contributed by atoms with Gasteiger partial charge in [0.05, 0.1) is 25.4 Å². The number of carbonyl (C=O) groups excluding carboxylic acids is 1. The van der Waals surface area contributed by atoms with Crippen LogP contribution in [0, 0.1) is 46.3 Å². The average Bonchev–Trinajstić information content (AvgIpc) is 3.71. The van der Waals surface area contributed by atoms with E-state index in [-0.39, 0.29) is 28.4 Å². The maximum absolute atomic E-state index is 14.6. The maximum atomic E-state index is 14.6. The summed E-state index contributed by atoms with van der Waals surface area (Å²) in [6.45, 7) is 10.8. The summed E-state index contributed by atoms with van der Waals surface area (Å²) in [5, 5.41) is 95.8. The van der Waals surface area contributed by atoms with Crippen molar-refractivity contribution in [1.82, 2.24) is 4.90 Å². The van der Waals surface area contributed by atoms with Crippen molar-refractivity contribution in [2.24, 2.45) is 46.3 Å². The Bertz CT molecular complexity index is 1670. The summed E-state index contributed by atoms with van der Waals surface area (Å²) in [5.41, 5.74) is 0.888. The lowest BCUT2D eigenvalue weighted by Crippen LogP contribution is -2.67. The zero-order chi connectivity index (χ0) is 44.3. The molecule has 3 saturated carbocycles. The first-order chi connectivity index (χ1) is 29.4. The van der Waals surface area contributed by atoms with Crippen LogP contribution in [0.15, 0.2) is 11.6 Å². The van der Waals surface area contributed by atoms with Crippen molar-refractivity contribution in [3.8, 4) is 0 Å². The fourth-order valence-corrected chi connectivity index (χ4v) is 14.5. The van der Waals surface area contributed by atoms with Gasteiger partial charge in [-0.15, -0.1) is 0 Å². The fraction of sp³-hybridized carbons (Fsp3) is 0.933. The first kappa shape index (κ1) is 45.9. The summed E-state index contributed by atoms with van der Waals surface area (Å²) in [7, 11) is 0. The van der Waals surface area contributed by atoms with E-state index in [9.17, 15) is 50.8 Å². The molecule has 17 heteroatoms. The van der Waals surface area contributed by atoms with Crippen LogP contribution in [-0.4, -0.2) is 187 Å². The summed E-state index contributed by atoms with van der Waals surface area (Å²) >= 11 is 0. The van der Waals surface area contributed by atoms with E-state index in [2.05, 4.69) is 32.6 Å². The van der Waals surface area contributed by atoms with Crippen LogP contribution in [0.25, 0.3) is 0 Å². The highest BCUT2D eigenvalue weighted by molar-refractivity contribution is 5.94. The molecule has 5 saturated heterocycles. The van der Waals surface area contributed by atoms with Crippen LogP contribution in [0.4, 0.5) is 0 Å². The summed E-state index contributed by atoms with van der Waals surface area (Å²) in [6.07, 6.45) is -14.9. The molecule has 0 amide bonds. The van der Waals surface area contributed by atoms with Crippen LogP contribution in [0.2, 0.25) is 0 Å². The van der Waals surface area contributed by atoms with Gasteiger partial charge in [0.2, 0.25) is 0 Å². The van der Waals surface area contributed by atoms with Crippen molar-refractivity contribution in [3.05, 3.63) is 11.6 Å². The molecule has 17 nitrogen and oxygen atoms in total. The van der Waals surface area contributed by atoms with E-state index in [1.807, 2.05) is 6.08 Å². The minimum absolute atomic E-state index is 0.0387. The van der Waals surface area contributed by atoms with Gasteiger partial charge in [0.25, 0.3) is 0 Å². The Kier molecular flexibility index (Phi) is 12.7. The zero-order valence-electron chi connectivity index (χ0n) is 36.5. The van der Waals surface area contributed by atoms with Gasteiger partial charge in [-0.1, -0.05) is 33.3 Å². The molecular formula is C45H71NO16. The van der Waals surface area contributed by atoms with Gasteiger partial charge in [0, 0.05) is 24.5 Å². The summed E-state index contributed by atoms with van der Waals surface area (Å²) in [4.78, 5) is 17.4. The van der Waals surface area contributed by atoms with E-state index in [1.165, 1.54) is 19.8 Å². The highest BCUT2D eigenvalue weighted by Gasteiger charge is 2.68. The third-order valence-electron chi connectivity index (χ3n) is 17.9. The SMILES string of the molecule is C[C@H]1CC[C@@H]2[C@@H](C)[C@H]3[C@H](C[C@H]4[C@@H]5C(=O)C=C6C[C@@H](O[C@@H]7O[C@H](CO)[C@H](O)[C@H](O[C@@H]8O[C@H](CO)[C@@H](O)[C@H](O)[C@H]8O)[C@H]7O[C@@H]7O[C@@H](C)[C@H](O)[C@@H](O)[C@H]7O)CC[C@]6(C)[C@H]5CC[C@]34C)N2C1. The van der Waals surface area contributed by atoms with Crippen LogP contribution in [0.3, 0.4) is 0 Å². The van der Waals surface area contributed by atoms with E-state index in [0.717, 1.165) is 37.8 Å². The zero-order valence-corrected chi connectivity index (χ0v) is 36.5. The number of aliphatic hydroxyl groups is 9. The van der Waals surface area contributed by atoms with Crippen molar-refractivity contribution >= 4 is 5.78 Å². The van der Waals surface area contributed by atoms with Gasteiger partial charge in [-0.3, -0.25) is 9.69 Å². The molecule has 5 heterocycles. The van der Waals surface area contributed by atoms with Gasteiger partial charge in [0.15, 0.2) is 24.7 Å². The second-order valence-corrected chi connectivity index (χ2v) is 21.2. The van der Waals surface area contributed by atoms with Gasteiger partial charge in [-0.25, -0.2) is 0 Å². The number of aliphatic hydroxyl groups excluding tert-OH is 9. The van der Waals surface area contributed by atoms with Crippen molar-refractivity contribution in [2.45, 2.75) is 196 Å². The number of hydrogen-bond donors (Lipinski definition) is 9. The molecule has 26 atom stereocenters. The van der Waals surface area contributed by atoms with E-state index in [1.54, 1.807) is 0 Å². The Hall–Kier alpha value is -1.23. The van der Waals surface area contributed by atoms with Gasteiger partial charge in [0.1, 0.15) is 67.1 Å². The quantitative estimate of drug-likeness (QED) is 0.147. The molecule has 9 aliphatic rings. The van der Waals surface area contributed by atoms with Crippen molar-refractivity contribution < 1.29 is 79.2 Å². The Morgan fingerprint density at radius 3 is 2.05 bits per heavy atom. The highest BCUT2D eigenvalue weighted by Crippen LogP contribution is 2.69. The van der Waals surface area contributed by atoms with Crippen LogP contribution in [0.5, 0.6) is 0 Å². The van der Waals surface area contributed by atoms with E-state index in [0.29, 0.717) is 48.6 Å². The number of ether oxygens (including phenoxy) is 6. The van der Waals surface area contributed by atoms with Crippen molar-refractivity contribution in [3.63, 3.8) is 0 Å². The lowest BCUT2D eigenvalue weighted by molar-refractivity contribution is -0.394. The number of nitrogens with zero attached hydrogens (tertiary/aromatic N) is 1. The molecule has 0 radical (unpaired) electrons. The van der Waals surface area contributed by atoms with E-state index >= 15 is 0 Å². The summed E-state index contributed by atoms with van der Waals surface area (Å²) in [5.74, 6) is 2.57. The third kappa shape index (κ3) is 7.31. The molecule has 0 bridgehead atoms. The number of fused-ring (bicyclic) bond motifs is 9. The summed E-state index contributed by atoms with van der Waals surface area (Å²) in [6, 6.07) is 1.17. The molecule has 8 fully saturated rings. The van der Waals surface area contributed by atoms with Gasteiger partial charge >= 0.3 is 0 Å². The normalized spacial score (nSPS) is 56.6. The number of ketones is 1. The number of carbonyl (C=O) groups is 1. The van der Waals surface area contributed by atoms with Gasteiger partial charge < -0.3 is 74.4 Å². The number of piperidine rings is 1. The second kappa shape index (κ2) is 17.1. The molecule has 9 N–H and O–H groups in total. The Morgan fingerprint density at radius 2 is 1.34 bits per heavy atom. The lowest BCUT2D eigenvalue weighted by Gasteiger charge is -2.58. The van der Waals surface area contributed by atoms with Crippen LogP contribution in [-0.2, 0) is 33.2 Å². The predicted molar refractivity (Wildman–Crippen MR) is 215 cm³/mol. The Labute approximate surface area is 363 Å². The highest BCUT2D eigenvalue weighted by atomic mass is 16.8. The van der Waals surface area contributed by atoms with Crippen molar-refractivity contribution in [2.75, 3.05) is 19.8 Å². The van der Waals surface area contributed by atoms with Crippen molar-refractivity contribution in [1.29, 1.82) is 0 Å². The lowest BCUT2D eigenvalue weighted by atomic mass is 9.46. The minimum atomic E-state index is -1.87. The molecular weight excluding hydrogens is 810 g/mol. The van der Waals surface area contributed by atoms with Crippen LogP contribution in [0.1, 0.15) is 86.0 Å². The number of allylic oxidation sites excluding steroid dienone is 1. The third-order valence-corrected chi connectivity index (χ3v) is 17.9. The first-order valence-corrected chi connectivity index (χ1v) is 23.3. The molecule has 4 aliphatic carbocycles. The molecule has 0 aromatic carbocycles. The molecule has 352 valence electrons. The number of hydrogen-bond acceptors (Lipinski definition) is 17. The standard InChI is InChI=1S/C45H71NO16/c1-18-6-7-25-19(2)31-26(46(25)15-18)14-24-30-23(9-11-45(24,31)5)44(4)10-8-22(12-21(44)13-27(30)49)58-43-40(62-41-37(55)35(53)32(50)20(3)57-41)39(34(52)29(17-48)60-43)61-42-38(56)36(54)33(51)28(16-47)59-42/h13,18-20,22-26,28-43,47-48,50-56H,6-12,14-17H2,1-5H3/t18-,19+,20-,22-,23-,24-,25+,26-,28+,29+,30+,31-,32-,33+,34-,35+,36-,37+,38+,39-,40+,41-,42-,43+,44-,45-/m0/s1. The van der Waals surface area contributed by atoms with E-state index < -0.39 is 111 Å². The second-order valence-electron chi connectivity index (χ2n) is 21.2. The van der Waals surface area contributed by atoms with Gasteiger partial charge in [-0.05, 0) is 105 Å². The van der Waals surface area contributed by atoms with Gasteiger partial charge in [-0.2, -0.15) is 0 Å². The predicted octanol–water partition coefficient (Wildman–Crippen LogP) is -0.666. The molecule has 5 aliphatic heterocycles. The molecule has 0 spiro atoms. The Morgan fingerprint density at radius 1 is 0.694 bits per heavy atom. The fourth-order valence-electron chi connectivity index (χ4n) is 14.5. The van der Waals surface area contributed by atoms with E-state index in [4.69, 9.17) is 28.4 Å². The maximum Gasteiger partial charge on any atom is 0.187 e. The van der Waals surface area contributed by atoms with Crippen LogP contribution < -0.4 is 0 Å². The first-order valence-electron chi connectivity index (χ1n) is 23.3. The molecule has 62 heavy (non-hydrogen) atoms. The smallest absolute Gasteiger partial charge is 0.187 e. The summed E-state index contributed by atoms with van der Waals surface area (Å²) < 4.78 is 36.6. The molecule has 0 aromatic rings. The molecule has 0 aromatic heterocycles. The monoisotopic (exact) mass is 881 g/mol. The largest absolute Gasteiger partial charge is 0.394 e. The topological polar surface area (TPSA) is 258 Å².